The summed E-state index contributed by atoms with van der Waals surface area (Å²) in [6.07, 6.45) is 3.74. The predicted octanol–water partition coefficient (Wildman–Crippen LogP) is -0.188. The number of aromatic amines is 1. The molecule has 0 radical (unpaired) electrons. The molecule has 2 heterocycles. The van der Waals surface area contributed by atoms with E-state index in [0.717, 1.165) is 19.4 Å². The number of aryl methyl sites for hydroxylation is 1. The van der Waals surface area contributed by atoms with E-state index in [1.165, 1.54) is 16.8 Å². The molecular formula is C14H21N3O4. The summed E-state index contributed by atoms with van der Waals surface area (Å²) in [7, 11) is 1.67. The number of carbonyl (C=O) groups is 1. The molecule has 0 bridgehead atoms. The van der Waals surface area contributed by atoms with Crippen molar-refractivity contribution < 1.29 is 9.53 Å². The molecule has 1 aromatic rings. The van der Waals surface area contributed by atoms with Gasteiger partial charge in [0.2, 0.25) is 5.91 Å². The van der Waals surface area contributed by atoms with Crippen molar-refractivity contribution in [3.63, 3.8) is 0 Å². The highest BCUT2D eigenvalue weighted by atomic mass is 16.5. The van der Waals surface area contributed by atoms with Crippen molar-refractivity contribution in [2.24, 2.45) is 5.92 Å². The SMILES string of the molecule is COCC1CCCN(C(=O)CCn2ccc(=O)[nH]c2=O)C1. The summed E-state index contributed by atoms with van der Waals surface area (Å²) < 4.78 is 6.49. The highest BCUT2D eigenvalue weighted by Gasteiger charge is 2.23. The topological polar surface area (TPSA) is 84.4 Å². The number of piperidine rings is 1. The third-order valence-electron chi connectivity index (χ3n) is 3.74. The largest absolute Gasteiger partial charge is 0.384 e. The van der Waals surface area contributed by atoms with E-state index in [1.807, 2.05) is 4.90 Å². The number of amides is 1. The number of aromatic nitrogens is 2. The van der Waals surface area contributed by atoms with Gasteiger partial charge in [0.1, 0.15) is 0 Å². The van der Waals surface area contributed by atoms with Crippen LogP contribution in [0.4, 0.5) is 0 Å². The Morgan fingerprint density at radius 3 is 3.00 bits per heavy atom. The summed E-state index contributed by atoms with van der Waals surface area (Å²) in [5.74, 6) is 0.428. The molecule has 1 aliphatic heterocycles. The van der Waals surface area contributed by atoms with E-state index in [-0.39, 0.29) is 18.9 Å². The number of carbonyl (C=O) groups excluding carboxylic acids is 1. The lowest BCUT2D eigenvalue weighted by molar-refractivity contribution is -0.133. The average Bonchev–Trinajstić information content (AvgIpc) is 2.47. The second-order valence-corrected chi connectivity index (χ2v) is 5.36. The average molecular weight is 295 g/mol. The smallest absolute Gasteiger partial charge is 0.328 e. The van der Waals surface area contributed by atoms with Gasteiger partial charge >= 0.3 is 5.69 Å². The van der Waals surface area contributed by atoms with Crippen molar-refractivity contribution in [1.82, 2.24) is 14.5 Å². The number of ether oxygens (including phenoxy) is 1. The highest BCUT2D eigenvalue weighted by Crippen LogP contribution is 2.17. The summed E-state index contributed by atoms with van der Waals surface area (Å²) in [4.78, 5) is 38.7. The van der Waals surface area contributed by atoms with Crippen LogP contribution in [0.3, 0.4) is 0 Å². The van der Waals surface area contributed by atoms with Gasteiger partial charge < -0.3 is 14.2 Å². The number of hydrogen-bond donors (Lipinski definition) is 1. The molecule has 1 aliphatic rings. The van der Waals surface area contributed by atoms with E-state index in [1.54, 1.807) is 7.11 Å². The lowest BCUT2D eigenvalue weighted by atomic mass is 9.99. The van der Waals surface area contributed by atoms with E-state index < -0.39 is 11.2 Å². The Morgan fingerprint density at radius 1 is 1.48 bits per heavy atom. The van der Waals surface area contributed by atoms with Crippen molar-refractivity contribution in [3.05, 3.63) is 33.1 Å². The van der Waals surface area contributed by atoms with E-state index in [9.17, 15) is 14.4 Å². The summed E-state index contributed by atoms with van der Waals surface area (Å²) in [6.45, 7) is 2.43. The number of nitrogens with one attached hydrogen (secondary N) is 1. The quantitative estimate of drug-likeness (QED) is 0.816. The number of H-pyrrole nitrogens is 1. The van der Waals surface area contributed by atoms with Crippen LogP contribution < -0.4 is 11.2 Å². The molecule has 1 N–H and O–H groups in total. The van der Waals surface area contributed by atoms with Crippen LogP contribution >= 0.6 is 0 Å². The molecule has 21 heavy (non-hydrogen) atoms. The molecule has 1 amide bonds. The highest BCUT2D eigenvalue weighted by molar-refractivity contribution is 5.76. The second-order valence-electron chi connectivity index (χ2n) is 5.36. The first-order valence-corrected chi connectivity index (χ1v) is 7.16. The first-order valence-electron chi connectivity index (χ1n) is 7.16. The van der Waals surface area contributed by atoms with Crippen LogP contribution in [0.15, 0.2) is 21.9 Å². The van der Waals surface area contributed by atoms with Crippen molar-refractivity contribution in [1.29, 1.82) is 0 Å². The van der Waals surface area contributed by atoms with Gasteiger partial charge in [0.25, 0.3) is 5.56 Å². The molecule has 1 aromatic heterocycles. The fourth-order valence-corrected chi connectivity index (χ4v) is 2.66. The molecule has 1 fully saturated rings. The minimum absolute atomic E-state index is 0.0360. The van der Waals surface area contributed by atoms with Crippen molar-refractivity contribution in [2.75, 3.05) is 26.8 Å². The third-order valence-corrected chi connectivity index (χ3v) is 3.74. The molecule has 0 aliphatic carbocycles. The lowest BCUT2D eigenvalue weighted by Crippen LogP contribution is -2.41. The molecule has 0 spiro atoms. The van der Waals surface area contributed by atoms with Gasteiger partial charge in [-0.25, -0.2) is 4.79 Å². The normalized spacial score (nSPS) is 18.7. The van der Waals surface area contributed by atoms with Gasteiger partial charge in [0, 0.05) is 45.4 Å². The number of likely N-dealkylation sites (tertiary alicyclic amines) is 1. The van der Waals surface area contributed by atoms with Crippen LogP contribution in [0.2, 0.25) is 0 Å². The Bertz CT molecular complexity index is 590. The van der Waals surface area contributed by atoms with Gasteiger partial charge in [-0.15, -0.1) is 0 Å². The molecule has 7 nitrogen and oxygen atoms in total. The maximum Gasteiger partial charge on any atom is 0.328 e. The summed E-state index contributed by atoms with van der Waals surface area (Å²) >= 11 is 0. The van der Waals surface area contributed by atoms with E-state index >= 15 is 0 Å². The van der Waals surface area contributed by atoms with Crippen molar-refractivity contribution in [2.45, 2.75) is 25.8 Å². The van der Waals surface area contributed by atoms with Gasteiger partial charge in [-0.1, -0.05) is 0 Å². The summed E-state index contributed by atoms with van der Waals surface area (Å²) in [6, 6.07) is 1.28. The van der Waals surface area contributed by atoms with Crippen LogP contribution in [-0.4, -0.2) is 47.2 Å². The molecule has 7 heteroatoms. The zero-order valence-corrected chi connectivity index (χ0v) is 12.2. The number of hydrogen-bond acceptors (Lipinski definition) is 4. The Kier molecular flexibility index (Phi) is 5.32. The zero-order chi connectivity index (χ0) is 15.2. The first kappa shape index (κ1) is 15.5. The van der Waals surface area contributed by atoms with Crippen molar-refractivity contribution >= 4 is 5.91 Å². The van der Waals surface area contributed by atoms with E-state index in [4.69, 9.17) is 4.74 Å². The molecule has 1 unspecified atom stereocenters. The maximum absolute atomic E-state index is 12.2. The van der Waals surface area contributed by atoms with E-state index in [2.05, 4.69) is 4.98 Å². The molecular weight excluding hydrogens is 274 g/mol. The lowest BCUT2D eigenvalue weighted by Gasteiger charge is -2.32. The van der Waals surface area contributed by atoms with Gasteiger partial charge in [-0.3, -0.25) is 14.6 Å². The minimum atomic E-state index is -0.480. The Balaban J connectivity index is 1.89. The van der Waals surface area contributed by atoms with Crippen LogP contribution in [0.25, 0.3) is 0 Å². The van der Waals surface area contributed by atoms with Gasteiger partial charge in [0.05, 0.1) is 6.61 Å². The number of methoxy groups -OCH3 is 1. The monoisotopic (exact) mass is 295 g/mol. The number of rotatable bonds is 5. The van der Waals surface area contributed by atoms with Crippen LogP contribution in [0.5, 0.6) is 0 Å². The minimum Gasteiger partial charge on any atom is -0.384 e. The molecule has 2 rings (SSSR count). The molecule has 1 atom stereocenters. The summed E-state index contributed by atoms with van der Waals surface area (Å²) in [5, 5.41) is 0. The van der Waals surface area contributed by atoms with Gasteiger partial charge in [0.15, 0.2) is 0 Å². The van der Waals surface area contributed by atoms with Crippen LogP contribution in [0, 0.1) is 5.92 Å². The van der Waals surface area contributed by atoms with Crippen LogP contribution in [-0.2, 0) is 16.1 Å². The van der Waals surface area contributed by atoms with Gasteiger partial charge in [-0.2, -0.15) is 0 Å². The molecule has 0 aromatic carbocycles. The van der Waals surface area contributed by atoms with Gasteiger partial charge in [-0.05, 0) is 18.8 Å². The van der Waals surface area contributed by atoms with Crippen LogP contribution in [0.1, 0.15) is 19.3 Å². The molecule has 0 saturated carbocycles. The Hall–Kier alpha value is -1.89. The molecule has 1 saturated heterocycles. The maximum atomic E-state index is 12.2. The third kappa shape index (κ3) is 4.29. The summed E-state index contributed by atoms with van der Waals surface area (Å²) in [5.41, 5.74) is -0.910. The zero-order valence-electron chi connectivity index (χ0n) is 12.2. The Labute approximate surface area is 122 Å². The second kappa shape index (κ2) is 7.21. The Morgan fingerprint density at radius 2 is 2.29 bits per heavy atom. The predicted molar refractivity (Wildman–Crippen MR) is 77.1 cm³/mol. The standard InChI is InChI=1S/C14H21N3O4/c1-21-10-11-3-2-6-17(9-11)13(19)5-8-16-7-4-12(18)15-14(16)20/h4,7,11H,2-3,5-6,8-10H2,1H3,(H,15,18,20). The fraction of sp³-hybridized carbons (Fsp3) is 0.643. The van der Waals surface area contributed by atoms with E-state index in [0.29, 0.717) is 19.1 Å². The van der Waals surface area contributed by atoms with Crippen molar-refractivity contribution in [3.8, 4) is 0 Å². The fourth-order valence-electron chi connectivity index (χ4n) is 2.66. The molecule has 116 valence electrons. The first-order chi connectivity index (χ1) is 10.1. The number of nitrogens with zero attached hydrogens (tertiary/aromatic N) is 2.